The average Bonchev–Trinajstić information content (AvgIpc) is 2.70. The summed E-state index contributed by atoms with van der Waals surface area (Å²) >= 11 is 0. The third kappa shape index (κ3) is 5.12. The lowest BCUT2D eigenvalue weighted by molar-refractivity contribution is 0.171. The van der Waals surface area contributed by atoms with E-state index in [-0.39, 0.29) is 5.41 Å². The van der Waals surface area contributed by atoms with Gasteiger partial charge in [0.1, 0.15) is 13.2 Å². The molecular formula is C21H28N4O2. The van der Waals surface area contributed by atoms with Gasteiger partial charge in [0.15, 0.2) is 17.5 Å². The molecule has 0 radical (unpaired) electrons. The molecule has 0 saturated carbocycles. The van der Waals surface area contributed by atoms with E-state index in [4.69, 9.17) is 9.47 Å². The highest BCUT2D eigenvalue weighted by Crippen LogP contribution is 2.34. The first-order chi connectivity index (χ1) is 13.1. The van der Waals surface area contributed by atoms with Crippen LogP contribution in [0.4, 0.5) is 0 Å². The van der Waals surface area contributed by atoms with E-state index in [0.29, 0.717) is 19.8 Å². The maximum atomic E-state index is 5.72. The lowest BCUT2D eigenvalue weighted by Crippen LogP contribution is -2.43. The Morgan fingerprint density at radius 3 is 2.67 bits per heavy atom. The summed E-state index contributed by atoms with van der Waals surface area (Å²) in [5.74, 6) is 2.43. The van der Waals surface area contributed by atoms with Crippen molar-refractivity contribution in [2.24, 2.45) is 4.99 Å². The second kappa shape index (κ2) is 8.75. The number of fused-ring (bicyclic) bond motifs is 1. The van der Waals surface area contributed by atoms with Crippen LogP contribution in [0.5, 0.6) is 11.5 Å². The van der Waals surface area contributed by atoms with Gasteiger partial charge in [0.2, 0.25) is 0 Å². The second-order valence-corrected chi connectivity index (χ2v) is 7.11. The van der Waals surface area contributed by atoms with Gasteiger partial charge in [0.05, 0.1) is 12.2 Å². The summed E-state index contributed by atoms with van der Waals surface area (Å²) in [6, 6.07) is 12.0. The molecule has 0 aliphatic carbocycles. The lowest BCUT2D eigenvalue weighted by atomic mass is 9.84. The van der Waals surface area contributed by atoms with Gasteiger partial charge in [-0.3, -0.25) is 4.98 Å². The summed E-state index contributed by atoms with van der Waals surface area (Å²) < 4.78 is 11.3. The largest absolute Gasteiger partial charge is 0.486 e. The van der Waals surface area contributed by atoms with E-state index in [9.17, 15) is 0 Å². The number of ether oxygens (including phenoxy) is 2. The van der Waals surface area contributed by atoms with Crippen LogP contribution < -0.4 is 20.1 Å². The van der Waals surface area contributed by atoms with Gasteiger partial charge in [-0.15, -0.1) is 0 Å². The fourth-order valence-corrected chi connectivity index (χ4v) is 2.86. The minimum Gasteiger partial charge on any atom is -0.486 e. The first-order valence-electron chi connectivity index (χ1n) is 9.41. The molecule has 6 nitrogen and oxygen atoms in total. The number of guanidine groups is 1. The van der Waals surface area contributed by atoms with Crippen molar-refractivity contribution in [1.82, 2.24) is 15.6 Å². The normalized spacial score (nSPS) is 14.0. The van der Waals surface area contributed by atoms with Gasteiger partial charge in [0.25, 0.3) is 0 Å². The van der Waals surface area contributed by atoms with Crippen LogP contribution >= 0.6 is 0 Å². The van der Waals surface area contributed by atoms with Crippen LogP contribution in [0.25, 0.3) is 0 Å². The first kappa shape index (κ1) is 19.0. The van der Waals surface area contributed by atoms with Crippen molar-refractivity contribution in [3.8, 4) is 11.5 Å². The van der Waals surface area contributed by atoms with E-state index in [1.54, 1.807) is 6.20 Å². The molecule has 3 rings (SSSR count). The Morgan fingerprint density at radius 1 is 1.11 bits per heavy atom. The Hall–Kier alpha value is -2.76. The van der Waals surface area contributed by atoms with Gasteiger partial charge in [0, 0.05) is 24.7 Å². The highest BCUT2D eigenvalue weighted by Gasteiger charge is 2.23. The minimum atomic E-state index is -0.100. The predicted molar refractivity (Wildman–Crippen MR) is 108 cm³/mol. The Bertz CT molecular complexity index is 775. The summed E-state index contributed by atoms with van der Waals surface area (Å²) in [6.45, 7) is 9.75. The van der Waals surface area contributed by atoms with Gasteiger partial charge < -0.3 is 20.1 Å². The lowest BCUT2D eigenvalue weighted by Gasteiger charge is -2.28. The highest BCUT2D eigenvalue weighted by atomic mass is 16.6. The van der Waals surface area contributed by atoms with Crippen LogP contribution in [0.1, 0.15) is 32.0 Å². The van der Waals surface area contributed by atoms with Crippen LogP contribution in [0.15, 0.2) is 47.6 Å². The van der Waals surface area contributed by atoms with E-state index >= 15 is 0 Å². The summed E-state index contributed by atoms with van der Waals surface area (Å²) in [5, 5.41) is 6.74. The van der Waals surface area contributed by atoms with Crippen molar-refractivity contribution in [2.45, 2.75) is 32.7 Å². The van der Waals surface area contributed by atoms with E-state index in [1.807, 2.05) is 24.3 Å². The SMILES string of the molecule is CCNC(=NCc1ccccn1)NCC(C)(C)c1ccc2c(c1)OCCO2. The number of rotatable bonds is 6. The van der Waals surface area contributed by atoms with Crippen molar-refractivity contribution >= 4 is 5.96 Å². The van der Waals surface area contributed by atoms with Crippen LogP contribution in [0, 0.1) is 0 Å². The molecule has 1 aromatic heterocycles. The zero-order chi connectivity index (χ0) is 19.1. The molecule has 0 bridgehead atoms. The van der Waals surface area contributed by atoms with Gasteiger partial charge >= 0.3 is 0 Å². The quantitative estimate of drug-likeness (QED) is 0.606. The standard InChI is InChI=1S/C21H28N4O2/c1-4-22-20(24-14-17-7-5-6-10-23-17)25-15-21(2,3)16-8-9-18-19(13-16)27-12-11-26-18/h5-10,13H,4,11-12,14-15H2,1-3H3,(H2,22,24,25). The summed E-state index contributed by atoms with van der Waals surface area (Å²) in [7, 11) is 0. The number of nitrogens with zero attached hydrogens (tertiary/aromatic N) is 2. The van der Waals surface area contributed by atoms with Crippen molar-refractivity contribution in [3.05, 3.63) is 53.9 Å². The number of nitrogens with one attached hydrogen (secondary N) is 2. The predicted octanol–water partition coefficient (Wildman–Crippen LogP) is 2.89. The van der Waals surface area contributed by atoms with Gasteiger partial charge in [-0.25, -0.2) is 4.99 Å². The van der Waals surface area contributed by atoms with Gasteiger partial charge in [-0.05, 0) is 36.8 Å². The Morgan fingerprint density at radius 2 is 1.93 bits per heavy atom. The number of hydrogen-bond acceptors (Lipinski definition) is 4. The molecule has 0 atom stereocenters. The topological polar surface area (TPSA) is 67.8 Å². The van der Waals surface area contributed by atoms with E-state index in [0.717, 1.165) is 36.2 Å². The van der Waals surface area contributed by atoms with Crippen molar-refractivity contribution < 1.29 is 9.47 Å². The smallest absolute Gasteiger partial charge is 0.191 e. The fourth-order valence-electron chi connectivity index (χ4n) is 2.86. The van der Waals surface area contributed by atoms with E-state index in [1.165, 1.54) is 5.56 Å². The molecule has 27 heavy (non-hydrogen) atoms. The summed E-state index contributed by atoms with van der Waals surface area (Å²) in [5.41, 5.74) is 2.04. The van der Waals surface area contributed by atoms with Crippen molar-refractivity contribution in [2.75, 3.05) is 26.3 Å². The van der Waals surface area contributed by atoms with E-state index < -0.39 is 0 Å². The number of benzene rings is 1. The third-order valence-corrected chi connectivity index (χ3v) is 4.49. The maximum Gasteiger partial charge on any atom is 0.191 e. The summed E-state index contributed by atoms with van der Waals surface area (Å²) in [4.78, 5) is 8.96. The molecule has 1 aliphatic heterocycles. The Balaban J connectivity index is 1.66. The zero-order valence-electron chi connectivity index (χ0n) is 16.3. The van der Waals surface area contributed by atoms with E-state index in [2.05, 4.69) is 53.5 Å². The molecule has 1 aliphatic rings. The second-order valence-electron chi connectivity index (χ2n) is 7.11. The molecule has 2 heterocycles. The third-order valence-electron chi connectivity index (χ3n) is 4.49. The molecule has 6 heteroatoms. The van der Waals surface area contributed by atoms with Crippen LogP contribution in [-0.2, 0) is 12.0 Å². The molecular weight excluding hydrogens is 340 g/mol. The highest BCUT2D eigenvalue weighted by molar-refractivity contribution is 5.79. The van der Waals surface area contributed by atoms with Crippen LogP contribution in [0.2, 0.25) is 0 Å². The zero-order valence-corrected chi connectivity index (χ0v) is 16.3. The molecule has 1 aromatic carbocycles. The molecule has 0 spiro atoms. The Labute approximate surface area is 161 Å². The average molecular weight is 368 g/mol. The molecule has 0 amide bonds. The number of aliphatic imine (C=N–C) groups is 1. The number of hydrogen-bond donors (Lipinski definition) is 2. The molecule has 0 unspecified atom stereocenters. The monoisotopic (exact) mass is 368 g/mol. The molecule has 2 N–H and O–H groups in total. The van der Waals surface area contributed by atoms with Crippen LogP contribution in [0.3, 0.4) is 0 Å². The number of pyridine rings is 1. The van der Waals surface area contributed by atoms with Gasteiger partial charge in [-0.1, -0.05) is 26.0 Å². The first-order valence-corrected chi connectivity index (χ1v) is 9.41. The summed E-state index contributed by atoms with van der Waals surface area (Å²) in [6.07, 6.45) is 1.79. The van der Waals surface area contributed by atoms with Crippen LogP contribution in [-0.4, -0.2) is 37.2 Å². The molecule has 0 saturated heterocycles. The minimum absolute atomic E-state index is 0.100. The van der Waals surface area contributed by atoms with Crippen molar-refractivity contribution in [3.63, 3.8) is 0 Å². The molecule has 144 valence electrons. The molecule has 2 aromatic rings. The molecule has 0 fully saturated rings. The fraction of sp³-hybridized carbons (Fsp3) is 0.429. The Kier molecular flexibility index (Phi) is 6.16. The maximum absolute atomic E-state index is 5.72. The van der Waals surface area contributed by atoms with Crippen molar-refractivity contribution in [1.29, 1.82) is 0 Å². The van der Waals surface area contributed by atoms with Gasteiger partial charge in [-0.2, -0.15) is 0 Å². The number of aromatic nitrogens is 1.